The summed E-state index contributed by atoms with van der Waals surface area (Å²) in [6.07, 6.45) is 4.68. The molecule has 6 heteroatoms. The van der Waals surface area contributed by atoms with E-state index >= 15 is 0 Å². The van der Waals surface area contributed by atoms with E-state index in [0.717, 1.165) is 32.1 Å². The number of aliphatic hydroxyl groups excluding tert-OH is 1. The molecule has 1 saturated heterocycles. The molecule has 1 heterocycles. The van der Waals surface area contributed by atoms with Crippen molar-refractivity contribution < 1.29 is 24.9 Å². The Labute approximate surface area is 118 Å². The maximum absolute atomic E-state index is 11.3. The molecule has 6 nitrogen and oxygen atoms in total. The summed E-state index contributed by atoms with van der Waals surface area (Å²) in [7, 11) is 0. The predicted molar refractivity (Wildman–Crippen MR) is 71.3 cm³/mol. The van der Waals surface area contributed by atoms with Crippen molar-refractivity contribution in [2.24, 2.45) is 11.8 Å². The minimum atomic E-state index is -1.05. The second-order valence-corrected chi connectivity index (χ2v) is 5.95. The van der Waals surface area contributed by atoms with Gasteiger partial charge in [0.05, 0.1) is 17.9 Å². The van der Waals surface area contributed by atoms with Gasteiger partial charge >= 0.3 is 11.9 Å². The van der Waals surface area contributed by atoms with Crippen LogP contribution in [0.15, 0.2) is 0 Å². The molecule has 0 bridgehead atoms. The zero-order valence-corrected chi connectivity index (χ0v) is 11.6. The number of rotatable bonds is 3. The summed E-state index contributed by atoms with van der Waals surface area (Å²) in [5, 5.41) is 28.6. The van der Waals surface area contributed by atoms with Gasteiger partial charge in [0.1, 0.15) is 0 Å². The lowest BCUT2D eigenvalue weighted by molar-refractivity contribution is -0.158. The summed E-state index contributed by atoms with van der Waals surface area (Å²) in [6, 6.07) is -0.0194. The number of carboxylic acids is 2. The zero-order chi connectivity index (χ0) is 14.7. The van der Waals surface area contributed by atoms with Gasteiger partial charge in [-0.1, -0.05) is 19.3 Å². The lowest BCUT2D eigenvalue weighted by Gasteiger charge is -2.40. The Kier molecular flexibility index (Phi) is 4.99. The quantitative estimate of drug-likeness (QED) is 0.663. The minimum Gasteiger partial charge on any atom is -0.481 e. The van der Waals surface area contributed by atoms with Crippen molar-refractivity contribution >= 4 is 11.9 Å². The van der Waals surface area contributed by atoms with Crippen LogP contribution in [0.5, 0.6) is 0 Å². The molecular formula is C14H23NO5. The van der Waals surface area contributed by atoms with Crippen molar-refractivity contribution in [3.05, 3.63) is 0 Å². The summed E-state index contributed by atoms with van der Waals surface area (Å²) in [5.74, 6) is -3.77. The van der Waals surface area contributed by atoms with Gasteiger partial charge in [-0.25, -0.2) is 0 Å². The van der Waals surface area contributed by atoms with Crippen molar-refractivity contribution in [3.63, 3.8) is 0 Å². The molecule has 2 rings (SSSR count). The number of piperidine rings is 1. The first-order chi connectivity index (χ1) is 9.50. The molecule has 4 atom stereocenters. The van der Waals surface area contributed by atoms with E-state index in [1.54, 1.807) is 0 Å². The number of likely N-dealkylation sites (tertiary alicyclic amines) is 1. The van der Waals surface area contributed by atoms with Crippen LogP contribution in [0.25, 0.3) is 0 Å². The highest BCUT2D eigenvalue weighted by atomic mass is 16.4. The maximum atomic E-state index is 11.3. The molecule has 0 spiro atoms. The van der Waals surface area contributed by atoms with Gasteiger partial charge in [0.2, 0.25) is 0 Å². The van der Waals surface area contributed by atoms with Gasteiger partial charge in [-0.3, -0.25) is 14.5 Å². The fourth-order valence-electron chi connectivity index (χ4n) is 3.52. The molecule has 0 amide bonds. The van der Waals surface area contributed by atoms with E-state index in [4.69, 9.17) is 5.11 Å². The van der Waals surface area contributed by atoms with Crippen LogP contribution in [0.2, 0.25) is 0 Å². The molecule has 3 N–H and O–H groups in total. The average molecular weight is 285 g/mol. The van der Waals surface area contributed by atoms with E-state index in [1.165, 1.54) is 0 Å². The Hall–Kier alpha value is -1.14. The zero-order valence-electron chi connectivity index (χ0n) is 11.6. The van der Waals surface area contributed by atoms with Gasteiger partial charge in [0.15, 0.2) is 0 Å². The standard InChI is InChI=1S/C14H23NO5/c16-12-5-3-1-2-4-11(12)15-7-6-9(13(17)18)10(8-15)14(19)20/h9-12,16H,1-8H2,(H,17,18)(H,19,20). The maximum Gasteiger partial charge on any atom is 0.308 e. The molecule has 1 aliphatic heterocycles. The molecule has 0 aromatic heterocycles. The number of hydrogen-bond donors (Lipinski definition) is 3. The lowest BCUT2D eigenvalue weighted by atomic mass is 9.84. The van der Waals surface area contributed by atoms with Crippen molar-refractivity contribution in [2.75, 3.05) is 13.1 Å². The third kappa shape index (κ3) is 3.30. The SMILES string of the molecule is O=C(O)C1CCN(C2CCCCCC2O)CC1C(=O)O. The number of carboxylic acid groups (broad SMARTS) is 2. The second kappa shape index (κ2) is 6.54. The largest absolute Gasteiger partial charge is 0.481 e. The van der Waals surface area contributed by atoms with E-state index in [1.807, 2.05) is 4.90 Å². The van der Waals surface area contributed by atoms with Crippen LogP contribution >= 0.6 is 0 Å². The summed E-state index contributed by atoms with van der Waals surface area (Å²) in [6.45, 7) is 0.788. The number of aliphatic carboxylic acids is 2. The Morgan fingerprint density at radius 2 is 1.55 bits per heavy atom. The van der Waals surface area contributed by atoms with Crippen LogP contribution in [0.1, 0.15) is 38.5 Å². The van der Waals surface area contributed by atoms with Crippen LogP contribution in [0.3, 0.4) is 0 Å². The molecule has 0 radical (unpaired) electrons. The first-order valence-corrected chi connectivity index (χ1v) is 7.38. The second-order valence-electron chi connectivity index (χ2n) is 5.95. The molecular weight excluding hydrogens is 262 g/mol. The first kappa shape index (κ1) is 15.3. The topological polar surface area (TPSA) is 98.1 Å². The minimum absolute atomic E-state index is 0.0194. The molecule has 2 fully saturated rings. The van der Waals surface area contributed by atoms with E-state index < -0.39 is 29.9 Å². The van der Waals surface area contributed by atoms with E-state index in [-0.39, 0.29) is 12.6 Å². The van der Waals surface area contributed by atoms with Crippen molar-refractivity contribution in [1.82, 2.24) is 4.90 Å². The number of aliphatic hydroxyl groups is 1. The van der Waals surface area contributed by atoms with Gasteiger partial charge in [-0.2, -0.15) is 0 Å². The number of hydrogen-bond acceptors (Lipinski definition) is 4. The number of carbonyl (C=O) groups is 2. The summed E-state index contributed by atoms with van der Waals surface area (Å²) < 4.78 is 0. The Balaban J connectivity index is 2.07. The lowest BCUT2D eigenvalue weighted by Crippen LogP contribution is -2.53. The Morgan fingerprint density at radius 1 is 0.900 bits per heavy atom. The van der Waals surface area contributed by atoms with Crippen LogP contribution in [0.4, 0.5) is 0 Å². The Bertz CT molecular complexity index is 373. The molecule has 4 unspecified atom stereocenters. The summed E-state index contributed by atoms with van der Waals surface area (Å²) >= 11 is 0. The number of nitrogens with zero attached hydrogens (tertiary/aromatic N) is 1. The Morgan fingerprint density at radius 3 is 2.20 bits per heavy atom. The molecule has 114 valence electrons. The van der Waals surface area contributed by atoms with Gasteiger partial charge in [0.25, 0.3) is 0 Å². The predicted octanol–water partition coefficient (Wildman–Crippen LogP) is 0.787. The van der Waals surface area contributed by atoms with Crippen molar-refractivity contribution in [3.8, 4) is 0 Å². The van der Waals surface area contributed by atoms with Gasteiger partial charge in [0, 0.05) is 12.6 Å². The average Bonchev–Trinajstić information content (AvgIpc) is 2.62. The van der Waals surface area contributed by atoms with Gasteiger partial charge < -0.3 is 15.3 Å². The smallest absolute Gasteiger partial charge is 0.308 e. The highest BCUT2D eigenvalue weighted by molar-refractivity contribution is 5.80. The molecule has 2 aliphatic rings. The van der Waals surface area contributed by atoms with Crippen LogP contribution in [-0.2, 0) is 9.59 Å². The fourth-order valence-corrected chi connectivity index (χ4v) is 3.52. The third-order valence-corrected chi connectivity index (χ3v) is 4.69. The van der Waals surface area contributed by atoms with E-state index in [0.29, 0.717) is 13.0 Å². The molecule has 20 heavy (non-hydrogen) atoms. The third-order valence-electron chi connectivity index (χ3n) is 4.69. The normalized spacial score (nSPS) is 36.2. The summed E-state index contributed by atoms with van der Waals surface area (Å²) in [4.78, 5) is 24.4. The molecule has 0 aromatic rings. The molecule has 1 saturated carbocycles. The van der Waals surface area contributed by atoms with E-state index in [2.05, 4.69) is 0 Å². The molecule has 1 aliphatic carbocycles. The van der Waals surface area contributed by atoms with Crippen LogP contribution in [-0.4, -0.2) is 57.4 Å². The summed E-state index contributed by atoms with van der Waals surface area (Å²) in [5.41, 5.74) is 0. The van der Waals surface area contributed by atoms with E-state index in [9.17, 15) is 19.8 Å². The van der Waals surface area contributed by atoms with Crippen molar-refractivity contribution in [2.45, 2.75) is 50.7 Å². The highest BCUT2D eigenvalue weighted by Crippen LogP contribution is 2.30. The highest BCUT2D eigenvalue weighted by Gasteiger charge is 2.41. The monoisotopic (exact) mass is 285 g/mol. The first-order valence-electron chi connectivity index (χ1n) is 7.38. The van der Waals surface area contributed by atoms with Crippen LogP contribution < -0.4 is 0 Å². The fraction of sp³-hybridized carbons (Fsp3) is 0.857. The van der Waals surface area contributed by atoms with Crippen LogP contribution in [0, 0.1) is 11.8 Å². The van der Waals surface area contributed by atoms with Gasteiger partial charge in [-0.15, -0.1) is 0 Å². The van der Waals surface area contributed by atoms with Gasteiger partial charge in [-0.05, 0) is 25.8 Å². The molecule has 0 aromatic carbocycles. The van der Waals surface area contributed by atoms with Crippen molar-refractivity contribution in [1.29, 1.82) is 0 Å².